The van der Waals surface area contributed by atoms with Crippen LogP contribution in [0.2, 0.25) is 0 Å². The molecule has 1 aromatic rings. The van der Waals surface area contributed by atoms with Crippen LogP contribution in [0.5, 0.6) is 5.75 Å². The van der Waals surface area contributed by atoms with Crippen molar-refractivity contribution in [1.82, 2.24) is 5.32 Å². The maximum atomic E-state index is 13.2. The average Bonchev–Trinajstić information content (AvgIpc) is 2.48. The molecule has 1 fully saturated rings. The van der Waals surface area contributed by atoms with Gasteiger partial charge in [-0.1, -0.05) is 19.3 Å². The molecule has 0 saturated heterocycles. The first-order valence-corrected chi connectivity index (χ1v) is 7.59. The molecule has 0 aromatic heterocycles. The molecule has 0 bridgehead atoms. The maximum Gasteiger partial charge on any atom is 0.258 e. The van der Waals surface area contributed by atoms with Gasteiger partial charge in [-0.25, -0.2) is 4.39 Å². The number of benzene rings is 1. The normalized spacial score (nSPS) is 15.7. The SMILES string of the molecule is NCCc1cc(F)ccc1OCC(=O)NC1CCCCC1. The topological polar surface area (TPSA) is 64.3 Å². The van der Waals surface area contributed by atoms with E-state index >= 15 is 0 Å². The lowest BCUT2D eigenvalue weighted by Crippen LogP contribution is -2.39. The molecule has 0 aliphatic heterocycles. The zero-order valence-corrected chi connectivity index (χ0v) is 12.2. The molecule has 3 N–H and O–H groups in total. The number of nitrogens with two attached hydrogens (primary N) is 1. The molecule has 0 radical (unpaired) electrons. The van der Waals surface area contributed by atoms with Crippen LogP contribution in [0.25, 0.3) is 0 Å². The quantitative estimate of drug-likeness (QED) is 0.845. The largest absolute Gasteiger partial charge is 0.483 e. The van der Waals surface area contributed by atoms with Gasteiger partial charge in [0.1, 0.15) is 11.6 Å². The summed E-state index contributed by atoms with van der Waals surface area (Å²) in [6.45, 7) is 0.369. The van der Waals surface area contributed by atoms with Gasteiger partial charge in [0.25, 0.3) is 5.91 Å². The van der Waals surface area contributed by atoms with Gasteiger partial charge in [0, 0.05) is 6.04 Å². The molecule has 0 unspecified atom stereocenters. The lowest BCUT2D eigenvalue weighted by Gasteiger charge is -2.22. The molecule has 0 spiro atoms. The lowest BCUT2D eigenvalue weighted by atomic mass is 9.95. The summed E-state index contributed by atoms with van der Waals surface area (Å²) in [4.78, 5) is 11.9. The van der Waals surface area contributed by atoms with E-state index in [4.69, 9.17) is 10.5 Å². The van der Waals surface area contributed by atoms with E-state index in [0.29, 0.717) is 24.3 Å². The molecule has 2 rings (SSSR count). The summed E-state index contributed by atoms with van der Waals surface area (Å²) >= 11 is 0. The van der Waals surface area contributed by atoms with Gasteiger partial charge in [-0.2, -0.15) is 0 Å². The summed E-state index contributed by atoms with van der Waals surface area (Å²) in [7, 11) is 0. The fourth-order valence-electron chi connectivity index (χ4n) is 2.70. The minimum absolute atomic E-state index is 0.0420. The van der Waals surface area contributed by atoms with E-state index in [1.165, 1.54) is 31.4 Å². The highest BCUT2D eigenvalue weighted by Gasteiger charge is 2.16. The van der Waals surface area contributed by atoms with Gasteiger partial charge >= 0.3 is 0 Å². The Morgan fingerprint density at radius 3 is 2.81 bits per heavy atom. The van der Waals surface area contributed by atoms with Crippen molar-refractivity contribution in [3.63, 3.8) is 0 Å². The summed E-state index contributed by atoms with van der Waals surface area (Å²) < 4.78 is 18.7. The van der Waals surface area contributed by atoms with E-state index in [0.717, 1.165) is 12.8 Å². The molecule has 1 amide bonds. The van der Waals surface area contributed by atoms with Crippen LogP contribution in [0.3, 0.4) is 0 Å². The third kappa shape index (κ3) is 5.01. The third-order valence-corrected chi connectivity index (χ3v) is 3.77. The predicted molar refractivity (Wildman–Crippen MR) is 79.7 cm³/mol. The van der Waals surface area contributed by atoms with Crippen LogP contribution in [-0.4, -0.2) is 25.1 Å². The number of halogens is 1. The lowest BCUT2D eigenvalue weighted by molar-refractivity contribution is -0.124. The first-order valence-electron chi connectivity index (χ1n) is 7.59. The fourth-order valence-corrected chi connectivity index (χ4v) is 2.70. The van der Waals surface area contributed by atoms with Gasteiger partial charge in [-0.05, 0) is 49.6 Å². The highest BCUT2D eigenvalue weighted by atomic mass is 19.1. The summed E-state index contributed by atoms with van der Waals surface area (Å²) in [5, 5.41) is 2.99. The highest BCUT2D eigenvalue weighted by Crippen LogP contribution is 2.20. The molecular formula is C16H23FN2O2. The van der Waals surface area contributed by atoms with Gasteiger partial charge in [0.2, 0.25) is 0 Å². The molecule has 1 aliphatic carbocycles. The monoisotopic (exact) mass is 294 g/mol. The summed E-state index contributed by atoms with van der Waals surface area (Å²) in [5.74, 6) is 0.0861. The number of rotatable bonds is 6. The predicted octanol–water partition coefficient (Wildman–Crippen LogP) is 2.15. The molecule has 1 aliphatic rings. The second-order valence-electron chi connectivity index (χ2n) is 5.48. The van der Waals surface area contributed by atoms with Crippen LogP contribution in [0.1, 0.15) is 37.7 Å². The van der Waals surface area contributed by atoms with Crippen molar-refractivity contribution in [3.05, 3.63) is 29.6 Å². The zero-order chi connectivity index (χ0) is 15.1. The Labute approximate surface area is 124 Å². The van der Waals surface area contributed by atoms with Gasteiger partial charge in [-0.3, -0.25) is 4.79 Å². The summed E-state index contributed by atoms with van der Waals surface area (Å²) in [6.07, 6.45) is 6.20. The van der Waals surface area contributed by atoms with Crippen molar-refractivity contribution in [3.8, 4) is 5.75 Å². The van der Waals surface area contributed by atoms with Crippen molar-refractivity contribution in [2.24, 2.45) is 5.73 Å². The van der Waals surface area contributed by atoms with E-state index in [9.17, 15) is 9.18 Å². The molecule has 21 heavy (non-hydrogen) atoms. The molecule has 5 heteroatoms. The second kappa shape index (κ2) is 7.98. The maximum absolute atomic E-state index is 13.2. The van der Waals surface area contributed by atoms with Gasteiger partial charge < -0.3 is 15.8 Å². The van der Waals surface area contributed by atoms with E-state index < -0.39 is 0 Å². The van der Waals surface area contributed by atoms with E-state index in [-0.39, 0.29) is 24.4 Å². The van der Waals surface area contributed by atoms with Gasteiger partial charge in [0.05, 0.1) is 0 Å². The zero-order valence-electron chi connectivity index (χ0n) is 12.2. The molecule has 1 aromatic carbocycles. The van der Waals surface area contributed by atoms with Crippen LogP contribution in [0.4, 0.5) is 4.39 Å². The highest BCUT2D eigenvalue weighted by molar-refractivity contribution is 5.77. The number of hydrogen-bond donors (Lipinski definition) is 2. The Kier molecular flexibility index (Phi) is 5.99. The molecule has 1 saturated carbocycles. The van der Waals surface area contributed by atoms with Gasteiger partial charge in [0.15, 0.2) is 6.61 Å². The standard InChI is InChI=1S/C16H23FN2O2/c17-13-6-7-15(12(10-13)8-9-18)21-11-16(20)19-14-4-2-1-3-5-14/h6-7,10,14H,1-5,8-9,11,18H2,(H,19,20). The minimum atomic E-state index is -0.322. The van der Waals surface area contributed by atoms with E-state index in [1.807, 2.05) is 0 Å². The van der Waals surface area contributed by atoms with E-state index in [2.05, 4.69) is 5.32 Å². The Morgan fingerprint density at radius 2 is 2.10 bits per heavy atom. The van der Waals surface area contributed by atoms with E-state index in [1.54, 1.807) is 6.07 Å². The molecule has 4 nitrogen and oxygen atoms in total. The van der Waals surface area contributed by atoms with Crippen LogP contribution >= 0.6 is 0 Å². The van der Waals surface area contributed by atoms with Crippen molar-refractivity contribution >= 4 is 5.91 Å². The van der Waals surface area contributed by atoms with Crippen molar-refractivity contribution < 1.29 is 13.9 Å². The number of ether oxygens (including phenoxy) is 1. The van der Waals surface area contributed by atoms with Crippen molar-refractivity contribution in [1.29, 1.82) is 0 Å². The Hall–Kier alpha value is -1.62. The molecule has 116 valence electrons. The number of carbonyl (C=O) groups excluding carboxylic acids is 1. The smallest absolute Gasteiger partial charge is 0.258 e. The Balaban J connectivity index is 1.85. The molecule has 0 heterocycles. The minimum Gasteiger partial charge on any atom is -0.483 e. The number of amides is 1. The number of nitrogens with one attached hydrogen (secondary N) is 1. The average molecular weight is 294 g/mol. The van der Waals surface area contributed by atoms with Crippen LogP contribution in [0, 0.1) is 5.82 Å². The van der Waals surface area contributed by atoms with Crippen molar-refractivity contribution in [2.45, 2.75) is 44.6 Å². The summed E-state index contributed by atoms with van der Waals surface area (Å²) in [6, 6.07) is 4.55. The third-order valence-electron chi connectivity index (χ3n) is 3.77. The molecular weight excluding hydrogens is 271 g/mol. The second-order valence-corrected chi connectivity index (χ2v) is 5.48. The Bertz CT molecular complexity index is 473. The van der Waals surface area contributed by atoms with Crippen LogP contribution in [-0.2, 0) is 11.2 Å². The molecule has 0 atom stereocenters. The number of carbonyl (C=O) groups is 1. The van der Waals surface area contributed by atoms with Gasteiger partial charge in [-0.15, -0.1) is 0 Å². The van der Waals surface area contributed by atoms with Crippen LogP contribution in [0.15, 0.2) is 18.2 Å². The van der Waals surface area contributed by atoms with Crippen LogP contribution < -0.4 is 15.8 Å². The first-order chi connectivity index (χ1) is 10.2. The number of hydrogen-bond acceptors (Lipinski definition) is 3. The first kappa shape index (κ1) is 15.8. The summed E-state index contributed by atoms with van der Waals surface area (Å²) in [5.41, 5.74) is 6.20. The Morgan fingerprint density at radius 1 is 1.33 bits per heavy atom. The van der Waals surface area contributed by atoms with Crippen molar-refractivity contribution in [2.75, 3.05) is 13.2 Å². The fraction of sp³-hybridized carbons (Fsp3) is 0.562.